The lowest BCUT2D eigenvalue weighted by molar-refractivity contribution is 0.544. The van der Waals surface area contributed by atoms with Crippen LogP contribution in [0.15, 0.2) is 12.3 Å². The average molecular weight is 195 g/mol. The van der Waals surface area contributed by atoms with Gasteiger partial charge in [0, 0.05) is 19.3 Å². The lowest BCUT2D eigenvalue weighted by Crippen LogP contribution is -2.17. The van der Waals surface area contributed by atoms with Crippen molar-refractivity contribution in [2.75, 3.05) is 6.54 Å². The van der Waals surface area contributed by atoms with E-state index in [0.717, 1.165) is 26.1 Å². The van der Waals surface area contributed by atoms with Crippen LogP contribution in [0.5, 0.6) is 0 Å². The maximum absolute atomic E-state index is 4.28. The van der Waals surface area contributed by atoms with Crippen molar-refractivity contribution in [1.82, 2.24) is 15.1 Å². The zero-order valence-electron chi connectivity index (χ0n) is 9.29. The van der Waals surface area contributed by atoms with E-state index in [-0.39, 0.29) is 0 Å². The standard InChI is InChI=1S/C11H21N3/c1-3-5-7-12-10-11-6-8-13-14(11)9-4-2/h6,8,12H,3-5,7,9-10H2,1-2H3. The quantitative estimate of drug-likeness (QED) is 0.676. The van der Waals surface area contributed by atoms with Crippen molar-refractivity contribution < 1.29 is 0 Å². The van der Waals surface area contributed by atoms with Gasteiger partial charge in [-0.05, 0) is 25.5 Å². The first-order chi connectivity index (χ1) is 6.88. The number of hydrogen-bond acceptors (Lipinski definition) is 2. The van der Waals surface area contributed by atoms with E-state index in [1.807, 2.05) is 6.20 Å². The smallest absolute Gasteiger partial charge is 0.0522 e. The fourth-order valence-corrected chi connectivity index (χ4v) is 1.44. The SMILES string of the molecule is CCCCNCc1ccnn1CCC. The molecule has 0 fully saturated rings. The van der Waals surface area contributed by atoms with E-state index < -0.39 is 0 Å². The Bertz CT molecular complexity index is 242. The highest BCUT2D eigenvalue weighted by molar-refractivity contribution is 4.99. The maximum Gasteiger partial charge on any atom is 0.0522 e. The third kappa shape index (κ3) is 3.50. The number of nitrogens with one attached hydrogen (secondary N) is 1. The molecule has 0 bridgehead atoms. The molecule has 1 N–H and O–H groups in total. The van der Waals surface area contributed by atoms with Gasteiger partial charge in [-0.1, -0.05) is 20.3 Å². The lowest BCUT2D eigenvalue weighted by Gasteiger charge is -2.06. The molecule has 1 aromatic rings. The van der Waals surface area contributed by atoms with Crippen molar-refractivity contribution in [3.05, 3.63) is 18.0 Å². The van der Waals surface area contributed by atoms with Crippen molar-refractivity contribution in [2.24, 2.45) is 0 Å². The average Bonchev–Trinajstić information content (AvgIpc) is 2.61. The normalized spacial score (nSPS) is 10.7. The summed E-state index contributed by atoms with van der Waals surface area (Å²) in [6.45, 7) is 7.46. The van der Waals surface area contributed by atoms with Crippen molar-refractivity contribution in [3.63, 3.8) is 0 Å². The summed E-state index contributed by atoms with van der Waals surface area (Å²) in [5.41, 5.74) is 1.29. The molecule has 0 saturated heterocycles. The van der Waals surface area contributed by atoms with Crippen LogP contribution in [0, 0.1) is 0 Å². The molecule has 0 aliphatic carbocycles. The monoisotopic (exact) mass is 195 g/mol. The Labute approximate surface area is 86.5 Å². The highest BCUT2D eigenvalue weighted by Crippen LogP contribution is 1.99. The predicted octanol–water partition coefficient (Wildman–Crippen LogP) is 2.18. The van der Waals surface area contributed by atoms with Crippen LogP contribution in [0.25, 0.3) is 0 Å². The predicted molar refractivity (Wildman–Crippen MR) is 59.1 cm³/mol. The summed E-state index contributed by atoms with van der Waals surface area (Å²) >= 11 is 0. The topological polar surface area (TPSA) is 29.9 Å². The summed E-state index contributed by atoms with van der Waals surface area (Å²) in [6.07, 6.45) is 5.53. The highest BCUT2D eigenvalue weighted by Gasteiger charge is 1.99. The van der Waals surface area contributed by atoms with E-state index in [1.165, 1.54) is 18.5 Å². The van der Waals surface area contributed by atoms with E-state index >= 15 is 0 Å². The third-order valence-corrected chi connectivity index (χ3v) is 2.25. The van der Waals surface area contributed by atoms with Gasteiger partial charge in [-0.25, -0.2) is 0 Å². The van der Waals surface area contributed by atoms with Crippen LogP contribution < -0.4 is 5.32 Å². The van der Waals surface area contributed by atoms with Gasteiger partial charge >= 0.3 is 0 Å². The van der Waals surface area contributed by atoms with Gasteiger partial charge in [0.2, 0.25) is 0 Å². The van der Waals surface area contributed by atoms with Crippen molar-refractivity contribution in [1.29, 1.82) is 0 Å². The molecule has 0 unspecified atom stereocenters. The molecule has 3 heteroatoms. The number of aryl methyl sites for hydroxylation is 1. The van der Waals surface area contributed by atoms with E-state index in [1.54, 1.807) is 0 Å². The fraction of sp³-hybridized carbons (Fsp3) is 0.727. The molecule has 0 aliphatic heterocycles. The molecular formula is C11H21N3. The number of rotatable bonds is 7. The maximum atomic E-state index is 4.28. The van der Waals surface area contributed by atoms with Crippen molar-refractivity contribution >= 4 is 0 Å². The summed E-state index contributed by atoms with van der Waals surface area (Å²) in [6, 6.07) is 2.09. The van der Waals surface area contributed by atoms with Crippen LogP contribution in [0.2, 0.25) is 0 Å². The van der Waals surface area contributed by atoms with Gasteiger partial charge in [-0.3, -0.25) is 4.68 Å². The second kappa shape index (κ2) is 6.60. The molecule has 0 amide bonds. The molecule has 1 rings (SSSR count). The Morgan fingerprint density at radius 3 is 2.93 bits per heavy atom. The number of hydrogen-bond donors (Lipinski definition) is 1. The minimum atomic E-state index is 0.944. The Balaban J connectivity index is 2.30. The molecule has 0 atom stereocenters. The number of unbranched alkanes of at least 4 members (excludes halogenated alkanes) is 1. The molecule has 0 spiro atoms. The Kier molecular flexibility index (Phi) is 5.30. The molecule has 80 valence electrons. The van der Waals surface area contributed by atoms with Crippen LogP contribution in [-0.2, 0) is 13.1 Å². The minimum Gasteiger partial charge on any atom is -0.311 e. The molecule has 1 heterocycles. The summed E-state index contributed by atoms with van der Waals surface area (Å²) in [5, 5.41) is 7.71. The van der Waals surface area contributed by atoms with Crippen molar-refractivity contribution in [3.8, 4) is 0 Å². The molecule has 14 heavy (non-hydrogen) atoms. The minimum absolute atomic E-state index is 0.944. The van der Waals surface area contributed by atoms with E-state index in [9.17, 15) is 0 Å². The first-order valence-corrected chi connectivity index (χ1v) is 5.59. The molecule has 1 aromatic heterocycles. The molecule has 3 nitrogen and oxygen atoms in total. The van der Waals surface area contributed by atoms with Crippen molar-refractivity contribution in [2.45, 2.75) is 46.2 Å². The van der Waals surface area contributed by atoms with Crippen LogP contribution >= 0.6 is 0 Å². The van der Waals surface area contributed by atoms with Gasteiger partial charge in [-0.2, -0.15) is 5.10 Å². The van der Waals surface area contributed by atoms with Crippen LogP contribution in [0.1, 0.15) is 38.8 Å². The lowest BCUT2D eigenvalue weighted by atomic mass is 10.3. The molecule has 0 saturated carbocycles. The number of nitrogens with zero attached hydrogens (tertiary/aromatic N) is 2. The van der Waals surface area contributed by atoms with Gasteiger partial charge < -0.3 is 5.32 Å². The molecule has 0 aliphatic rings. The van der Waals surface area contributed by atoms with Gasteiger partial charge in [0.25, 0.3) is 0 Å². The Hall–Kier alpha value is -0.830. The van der Waals surface area contributed by atoms with Gasteiger partial charge in [-0.15, -0.1) is 0 Å². The second-order valence-electron chi connectivity index (χ2n) is 3.58. The Morgan fingerprint density at radius 2 is 2.21 bits per heavy atom. The third-order valence-electron chi connectivity index (χ3n) is 2.25. The van der Waals surface area contributed by atoms with Crippen LogP contribution in [0.3, 0.4) is 0 Å². The van der Waals surface area contributed by atoms with Gasteiger partial charge in [0.1, 0.15) is 0 Å². The molecule has 0 aromatic carbocycles. The number of aromatic nitrogens is 2. The summed E-state index contributed by atoms with van der Waals surface area (Å²) in [4.78, 5) is 0. The largest absolute Gasteiger partial charge is 0.311 e. The summed E-state index contributed by atoms with van der Waals surface area (Å²) < 4.78 is 2.08. The second-order valence-corrected chi connectivity index (χ2v) is 3.58. The first-order valence-electron chi connectivity index (χ1n) is 5.59. The van der Waals surface area contributed by atoms with E-state index in [4.69, 9.17) is 0 Å². The van der Waals surface area contributed by atoms with Crippen LogP contribution in [-0.4, -0.2) is 16.3 Å². The summed E-state index contributed by atoms with van der Waals surface area (Å²) in [5.74, 6) is 0. The van der Waals surface area contributed by atoms with Gasteiger partial charge in [0.15, 0.2) is 0 Å². The van der Waals surface area contributed by atoms with E-state index in [2.05, 4.69) is 35.0 Å². The zero-order valence-corrected chi connectivity index (χ0v) is 9.29. The highest BCUT2D eigenvalue weighted by atomic mass is 15.3. The Morgan fingerprint density at radius 1 is 1.36 bits per heavy atom. The van der Waals surface area contributed by atoms with Gasteiger partial charge in [0.05, 0.1) is 5.69 Å². The van der Waals surface area contributed by atoms with E-state index in [0.29, 0.717) is 0 Å². The zero-order chi connectivity index (χ0) is 10.2. The molecular weight excluding hydrogens is 174 g/mol. The fourth-order valence-electron chi connectivity index (χ4n) is 1.44. The van der Waals surface area contributed by atoms with Crippen LogP contribution in [0.4, 0.5) is 0 Å². The molecule has 0 radical (unpaired) electrons. The first kappa shape index (κ1) is 11.2. The summed E-state index contributed by atoms with van der Waals surface area (Å²) in [7, 11) is 0.